The van der Waals surface area contributed by atoms with Gasteiger partial charge >= 0.3 is 0 Å². The first-order chi connectivity index (χ1) is 14.6. The van der Waals surface area contributed by atoms with Crippen LogP contribution in [-0.2, 0) is 4.79 Å². The summed E-state index contributed by atoms with van der Waals surface area (Å²) in [7, 11) is 3.16. The number of likely N-dealkylation sites (tertiary alicyclic amines) is 1. The summed E-state index contributed by atoms with van der Waals surface area (Å²) in [4.78, 5) is 15.1. The van der Waals surface area contributed by atoms with Gasteiger partial charge in [-0.25, -0.2) is 10.9 Å². The number of hydrogen-bond donors (Lipinski definition) is 4. The molecule has 0 radical (unpaired) electrons. The molecule has 2 heterocycles. The fourth-order valence-electron chi connectivity index (χ4n) is 4.64. The van der Waals surface area contributed by atoms with Crippen molar-refractivity contribution >= 4 is 5.91 Å². The Labute approximate surface area is 175 Å². The topological polar surface area (TPSA) is 103 Å². The van der Waals surface area contributed by atoms with Crippen LogP contribution in [0.1, 0.15) is 29.6 Å². The first-order valence-corrected chi connectivity index (χ1v) is 10.0. The van der Waals surface area contributed by atoms with Crippen molar-refractivity contribution in [3.63, 3.8) is 0 Å². The van der Waals surface area contributed by atoms with E-state index >= 15 is 0 Å². The number of nitrogens with zero attached hydrogens (tertiary/aromatic N) is 1. The van der Waals surface area contributed by atoms with Gasteiger partial charge in [-0.3, -0.25) is 4.79 Å². The van der Waals surface area contributed by atoms with Gasteiger partial charge in [0.1, 0.15) is 11.8 Å². The van der Waals surface area contributed by atoms with Crippen LogP contribution in [0.3, 0.4) is 0 Å². The predicted molar refractivity (Wildman–Crippen MR) is 110 cm³/mol. The van der Waals surface area contributed by atoms with Crippen LogP contribution >= 0.6 is 0 Å². The van der Waals surface area contributed by atoms with Crippen molar-refractivity contribution in [2.24, 2.45) is 5.92 Å². The van der Waals surface area contributed by atoms with Crippen molar-refractivity contribution in [1.29, 1.82) is 0 Å². The number of hydrazine groups is 1. The van der Waals surface area contributed by atoms with Crippen LogP contribution in [0.2, 0.25) is 0 Å². The van der Waals surface area contributed by atoms with Gasteiger partial charge in [-0.05, 0) is 30.2 Å². The van der Waals surface area contributed by atoms with E-state index in [1.54, 1.807) is 26.4 Å². The number of carbonyl (C=O) groups is 1. The lowest BCUT2D eigenvalue weighted by Crippen LogP contribution is -2.41. The number of phenols is 1. The van der Waals surface area contributed by atoms with Crippen molar-refractivity contribution in [3.05, 3.63) is 53.6 Å². The second kappa shape index (κ2) is 8.51. The van der Waals surface area contributed by atoms with Crippen molar-refractivity contribution in [2.45, 2.75) is 24.5 Å². The minimum atomic E-state index is -0.439. The largest absolute Gasteiger partial charge is 0.508 e. The third-order valence-electron chi connectivity index (χ3n) is 5.99. The van der Waals surface area contributed by atoms with E-state index in [-0.39, 0.29) is 36.3 Å². The third-order valence-corrected chi connectivity index (χ3v) is 5.99. The second-order valence-corrected chi connectivity index (χ2v) is 7.55. The number of benzene rings is 2. The molecule has 0 aromatic heterocycles. The summed E-state index contributed by atoms with van der Waals surface area (Å²) in [5, 5.41) is 19.8. The quantitative estimate of drug-likeness (QED) is 0.546. The Balaban J connectivity index is 1.78. The van der Waals surface area contributed by atoms with Crippen molar-refractivity contribution in [2.75, 3.05) is 27.4 Å². The normalized spacial score (nSPS) is 25.4. The van der Waals surface area contributed by atoms with Gasteiger partial charge in [-0.1, -0.05) is 24.3 Å². The highest BCUT2D eigenvalue weighted by Crippen LogP contribution is 2.49. The fraction of sp³-hybridized carbons (Fsp3) is 0.409. The van der Waals surface area contributed by atoms with E-state index < -0.39 is 6.04 Å². The van der Waals surface area contributed by atoms with Gasteiger partial charge < -0.3 is 24.6 Å². The Kier molecular flexibility index (Phi) is 5.80. The van der Waals surface area contributed by atoms with E-state index in [4.69, 9.17) is 9.47 Å². The zero-order valence-corrected chi connectivity index (χ0v) is 17.0. The zero-order valence-electron chi connectivity index (χ0n) is 17.0. The molecule has 4 atom stereocenters. The molecule has 2 aliphatic heterocycles. The zero-order chi connectivity index (χ0) is 21.3. The van der Waals surface area contributed by atoms with E-state index in [1.165, 1.54) is 0 Å². The number of ether oxygens (including phenoxy) is 2. The molecule has 4 unspecified atom stereocenters. The number of amides is 1. The number of fused-ring (bicyclic) bond motifs is 1. The lowest BCUT2D eigenvalue weighted by Gasteiger charge is -2.31. The van der Waals surface area contributed by atoms with Crippen molar-refractivity contribution in [1.82, 2.24) is 15.8 Å². The SMILES string of the molecule is COc1ccc(C2C3C(NNC3c3ccccc3O)C(=O)N2CCCO)cc1OC. The van der Waals surface area contributed by atoms with Gasteiger partial charge in [0.25, 0.3) is 0 Å². The van der Waals surface area contributed by atoms with Crippen LogP contribution in [0, 0.1) is 5.92 Å². The number of hydrogen-bond acceptors (Lipinski definition) is 7. The number of aromatic hydroxyl groups is 1. The van der Waals surface area contributed by atoms with Gasteiger partial charge in [-0.15, -0.1) is 0 Å². The summed E-state index contributed by atoms with van der Waals surface area (Å²) in [6.07, 6.45) is 0.490. The summed E-state index contributed by atoms with van der Waals surface area (Å²) >= 11 is 0. The highest BCUT2D eigenvalue weighted by atomic mass is 16.5. The molecule has 8 heteroatoms. The maximum absolute atomic E-state index is 13.2. The second-order valence-electron chi connectivity index (χ2n) is 7.55. The Morgan fingerprint density at radius 2 is 1.77 bits per heavy atom. The Morgan fingerprint density at radius 1 is 1.03 bits per heavy atom. The van der Waals surface area contributed by atoms with E-state index in [0.29, 0.717) is 24.5 Å². The molecule has 4 N–H and O–H groups in total. The van der Waals surface area contributed by atoms with Crippen LogP contribution in [0.4, 0.5) is 0 Å². The molecule has 8 nitrogen and oxygen atoms in total. The molecule has 160 valence electrons. The summed E-state index contributed by atoms with van der Waals surface area (Å²) in [5.74, 6) is 1.20. The summed E-state index contributed by atoms with van der Waals surface area (Å²) in [6, 6.07) is 11.9. The minimum absolute atomic E-state index is 0.00630. The molecule has 2 aromatic rings. The molecule has 0 spiro atoms. The van der Waals surface area contributed by atoms with Crippen LogP contribution in [0.5, 0.6) is 17.2 Å². The molecule has 4 rings (SSSR count). The maximum atomic E-state index is 13.2. The predicted octanol–water partition coefficient (Wildman–Crippen LogP) is 1.51. The highest BCUT2D eigenvalue weighted by molar-refractivity contribution is 5.86. The Hall–Kier alpha value is -2.81. The summed E-state index contributed by atoms with van der Waals surface area (Å²) in [5.41, 5.74) is 7.99. The lowest BCUT2D eigenvalue weighted by atomic mass is 9.83. The molecule has 1 amide bonds. The van der Waals surface area contributed by atoms with E-state index in [1.807, 2.05) is 35.2 Å². The number of para-hydroxylation sites is 1. The third kappa shape index (κ3) is 3.36. The molecular formula is C22H27N3O5. The van der Waals surface area contributed by atoms with Gasteiger partial charge in [0.2, 0.25) is 5.91 Å². The number of aliphatic hydroxyl groups excluding tert-OH is 1. The van der Waals surface area contributed by atoms with Crippen LogP contribution in [0.25, 0.3) is 0 Å². The fourth-order valence-corrected chi connectivity index (χ4v) is 4.64. The van der Waals surface area contributed by atoms with E-state index in [9.17, 15) is 15.0 Å². The van der Waals surface area contributed by atoms with Crippen molar-refractivity contribution < 1.29 is 24.5 Å². The minimum Gasteiger partial charge on any atom is -0.508 e. The molecule has 0 aliphatic carbocycles. The Morgan fingerprint density at radius 3 is 2.47 bits per heavy atom. The van der Waals surface area contributed by atoms with Crippen LogP contribution in [0.15, 0.2) is 42.5 Å². The Bertz CT molecular complexity index is 921. The number of nitrogens with one attached hydrogen (secondary N) is 2. The van der Waals surface area contributed by atoms with Gasteiger partial charge in [0.15, 0.2) is 11.5 Å². The van der Waals surface area contributed by atoms with E-state index in [2.05, 4.69) is 10.9 Å². The number of methoxy groups -OCH3 is 2. The molecule has 2 aliphatic rings. The molecular weight excluding hydrogens is 386 g/mol. The molecule has 2 saturated heterocycles. The molecule has 0 saturated carbocycles. The number of aliphatic hydroxyl groups is 1. The van der Waals surface area contributed by atoms with Gasteiger partial charge in [-0.2, -0.15) is 0 Å². The number of rotatable bonds is 7. The molecule has 2 aromatic carbocycles. The average molecular weight is 413 g/mol. The summed E-state index contributed by atoms with van der Waals surface area (Å²) in [6.45, 7) is 0.447. The lowest BCUT2D eigenvalue weighted by molar-refractivity contribution is -0.130. The van der Waals surface area contributed by atoms with Crippen LogP contribution in [-0.4, -0.2) is 54.4 Å². The van der Waals surface area contributed by atoms with Crippen LogP contribution < -0.4 is 20.3 Å². The van der Waals surface area contributed by atoms with Gasteiger partial charge in [0, 0.05) is 24.6 Å². The average Bonchev–Trinajstić information content (AvgIpc) is 3.31. The first kappa shape index (κ1) is 20.5. The number of phenolic OH excluding ortho intramolecular Hbond substituents is 1. The standard InChI is InChI=1S/C22H27N3O5/c1-29-16-9-8-13(12-17(16)30-2)21-18-19(14-6-3-4-7-15(14)27)23-24-20(18)22(28)25(21)10-5-11-26/h3-4,6-9,12,18-21,23-24,26-27H,5,10-11H2,1-2H3. The first-order valence-electron chi connectivity index (χ1n) is 10.0. The number of carbonyl (C=O) groups excluding carboxylic acids is 1. The molecule has 2 fully saturated rings. The smallest absolute Gasteiger partial charge is 0.242 e. The highest BCUT2D eigenvalue weighted by Gasteiger charge is 2.55. The van der Waals surface area contributed by atoms with Crippen molar-refractivity contribution in [3.8, 4) is 17.2 Å². The van der Waals surface area contributed by atoms with Gasteiger partial charge in [0.05, 0.1) is 26.3 Å². The molecule has 30 heavy (non-hydrogen) atoms. The monoisotopic (exact) mass is 413 g/mol. The van der Waals surface area contributed by atoms with E-state index in [0.717, 1.165) is 11.1 Å². The maximum Gasteiger partial charge on any atom is 0.242 e. The molecule has 0 bridgehead atoms. The summed E-state index contributed by atoms with van der Waals surface area (Å²) < 4.78 is 10.8.